The molecule has 1 heterocycles. The van der Waals surface area contributed by atoms with Gasteiger partial charge in [0.1, 0.15) is 11.9 Å². The molecule has 2 atom stereocenters. The third-order valence-electron chi connectivity index (χ3n) is 3.04. The Balaban J connectivity index is 2.11. The van der Waals surface area contributed by atoms with Gasteiger partial charge in [-0.15, -0.1) is 0 Å². The number of benzene rings is 1. The summed E-state index contributed by atoms with van der Waals surface area (Å²) in [5.41, 5.74) is 8.06. The van der Waals surface area contributed by atoms with Gasteiger partial charge in [-0.05, 0) is 6.08 Å². The van der Waals surface area contributed by atoms with E-state index in [0.717, 1.165) is 11.3 Å². The molecule has 1 aromatic rings. The van der Waals surface area contributed by atoms with Gasteiger partial charge in [0.05, 0.1) is 0 Å². The molecule has 1 aromatic carbocycles. The minimum Gasteiger partial charge on any atom is -0.485 e. The summed E-state index contributed by atoms with van der Waals surface area (Å²) in [6.45, 7) is 0.538. The standard InChI is InChI=1S/C13H13NO/c14-8-9-4-3-6-11-10-5-1-2-7-12(10)15-13(9)11/h1-7,10,12H,8,14H2. The molecule has 0 spiro atoms. The quantitative estimate of drug-likeness (QED) is 0.751. The fourth-order valence-corrected chi connectivity index (χ4v) is 2.29. The largest absolute Gasteiger partial charge is 0.485 e. The minimum absolute atomic E-state index is 0.165. The zero-order chi connectivity index (χ0) is 10.3. The van der Waals surface area contributed by atoms with Gasteiger partial charge in [0, 0.05) is 23.6 Å². The molecule has 2 N–H and O–H groups in total. The van der Waals surface area contributed by atoms with Crippen molar-refractivity contribution >= 4 is 0 Å². The van der Waals surface area contributed by atoms with Crippen LogP contribution in [0.15, 0.2) is 42.5 Å². The molecular formula is C13H13NO. The molecule has 0 saturated carbocycles. The molecule has 1 aliphatic carbocycles. The van der Waals surface area contributed by atoms with E-state index in [2.05, 4.69) is 30.4 Å². The highest BCUT2D eigenvalue weighted by molar-refractivity contribution is 5.51. The number of nitrogens with two attached hydrogens (primary N) is 1. The predicted octanol–water partition coefficient (Wildman–Crippen LogP) is 2.12. The van der Waals surface area contributed by atoms with Crippen LogP contribution >= 0.6 is 0 Å². The second-order valence-corrected chi connectivity index (χ2v) is 3.92. The van der Waals surface area contributed by atoms with E-state index in [4.69, 9.17) is 10.5 Å². The van der Waals surface area contributed by atoms with E-state index in [1.807, 2.05) is 12.1 Å². The maximum atomic E-state index is 5.91. The Kier molecular flexibility index (Phi) is 1.89. The van der Waals surface area contributed by atoms with Crippen LogP contribution in [0.25, 0.3) is 0 Å². The molecule has 2 unspecified atom stereocenters. The second kappa shape index (κ2) is 3.24. The van der Waals surface area contributed by atoms with Gasteiger partial charge in [0.25, 0.3) is 0 Å². The lowest BCUT2D eigenvalue weighted by atomic mass is 9.91. The topological polar surface area (TPSA) is 35.2 Å². The van der Waals surface area contributed by atoms with Gasteiger partial charge in [-0.2, -0.15) is 0 Å². The van der Waals surface area contributed by atoms with Gasteiger partial charge in [-0.3, -0.25) is 0 Å². The van der Waals surface area contributed by atoms with Crippen molar-refractivity contribution in [2.45, 2.75) is 18.6 Å². The fraction of sp³-hybridized carbons (Fsp3) is 0.231. The van der Waals surface area contributed by atoms with E-state index < -0.39 is 0 Å². The zero-order valence-electron chi connectivity index (χ0n) is 8.39. The molecule has 2 aliphatic rings. The van der Waals surface area contributed by atoms with E-state index in [0.29, 0.717) is 12.5 Å². The van der Waals surface area contributed by atoms with Crippen molar-refractivity contribution in [3.63, 3.8) is 0 Å². The molecule has 0 bridgehead atoms. The van der Waals surface area contributed by atoms with Crippen LogP contribution in [0.4, 0.5) is 0 Å². The number of fused-ring (bicyclic) bond motifs is 3. The van der Waals surface area contributed by atoms with E-state index in [1.165, 1.54) is 5.56 Å². The van der Waals surface area contributed by atoms with Crippen LogP contribution in [0, 0.1) is 0 Å². The van der Waals surface area contributed by atoms with Crippen molar-refractivity contribution in [3.05, 3.63) is 53.6 Å². The van der Waals surface area contributed by atoms with Crippen LogP contribution in [0.3, 0.4) is 0 Å². The first-order valence-electron chi connectivity index (χ1n) is 5.23. The SMILES string of the molecule is NCc1cccc2c1OC1C=CC=CC21. The van der Waals surface area contributed by atoms with Crippen molar-refractivity contribution in [2.75, 3.05) is 0 Å². The normalized spacial score (nSPS) is 25.9. The Hall–Kier alpha value is -1.54. The van der Waals surface area contributed by atoms with Crippen molar-refractivity contribution in [1.29, 1.82) is 0 Å². The Morgan fingerprint density at radius 1 is 1.20 bits per heavy atom. The van der Waals surface area contributed by atoms with Gasteiger partial charge in [-0.1, -0.05) is 36.4 Å². The van der Waals surface area contributed by atoms with Gasteiger partial charge >= 0.3 is 0 Å². The van der Waals surface area contributed by atoms with Gasteiger partial charge in [0.15, 0.2) is 0 Å². The number of ether oxygens (including phenoxy) is 1. The summed E-state index contributed by atoms with van der Waals surface area (Å²) in [7, 11) is 0. The molecule has 0 radical (unpaired) electrons. The maximum Gasteiger partial charge on any atom is 0.128 e. The van der Waals surface area contributed by atoms with E-state index in [1.54, 1.807) is 0 Å². The summed E-state index contributed by atoms with van der Waals surface area (Å²) in [4.78, 5) is 0. The molecule has 0 amide bonds. The third-order valence-corrected chi connectivity index (χ3v) is 3.04. The van der Waals surface area contributed by atoms with Crippen molar-refractivity contribution in [3.8, 4) is 5.75 Å². The number of rotatable bonds is 1. The van der Waals surface area contributed by atoms with Crippen LogP contribution in [-0.2, 0) is 6.54 Å². The lowest BCUT2D eigenvalue weighted by Crippen LogP contribution is -2.15. The molecule has 1 aliphatic heterocycles. The summed E-state index contributed by atoms with van der Waals surface area (Å²) in [5.74, 6) is 1.36. The van der Waals surface area contributed by atoms with Crippen molar-refractivity contribution in [2.24, 2.45) is 5.73 Å². The summed E-state index contributed by atoms with van der Waals surface area (Å²) < 4.78 is 5.91. The average Bonchev–Trinajstić information content (AvgIpc) is 2.67. The predicted molar refractivity (Wildman–Crippen MR) is 59.8 cm³/mol. The van der Waals surface area contributed by atoms with E-state index in [-0.39, 0.29) is 6.10 Å². The van der Waals surface area contributed by atoms with Crippen LogP contribution in [-0.4, -0.2) is 6.10 Å². The molecule has 2 nitrogen and oxygen atoms in total. The Morgan fingerprint density at radius 3 is 2.93 bits per heavy atom. The number of para-hydroxylation sites is 1. The van der Waals surface area contributed by atoms with E-state index >= 15 is 0 Å². The first-order chi connectivity index (χ1) is 7.40. The lowest BCUT2D eigenvalue weighted by Gasteiger charge is -2.13. The first kappa shape index (κ1) is 8.74. The first-order valence-corrected chi connectivity index (χ1v) is 5.23. The van der Waals surface area contributed by atoms with Crippen LogP contribution in [0.5, 0.6) is 5.75 Å². The second-order valence-electron chi connectivity index (χ2n) is 3.92. The Labute approximate surface area is 89.0 Å². The van der Waals surface area contributed by atoms with Gasteiger partial charge < -0.3 is 10.5 Å². The molecule has 0 fully saturated rings. The monoisotopic (exact) mass is 199 g/mol. The number of hydrogen-bond acceptors (Lipinski definition) is 2. The van der Waals surface area contributed by atoms with Crippen molar-refractivity contribution in [1.82, 2.24) is 0 Å². The number of hydrogen-bond donors (Lipinski definition) is 1. The highest BCUT2D eigenvalue weighted by Gasteiger charge is 2.32. The third kappa shape index (κ3) is 1.22. The molecule has 15 heavy (non-hydrogen) atoms. The van der Waals surface area contributed by atoms with Crippen LogP contribution in [0.2, 0.25) is 0 Å². The summed E-state index contributed by atoms with van der Waals surface area (Å²) in [6.07, 6.45) is 8.57. The van der Waals surface area contributed by atoms with E-state index in [9.17, 15) is 0 Å². The highest BCUT2D eigenvalue weighted by Crippen LogP contribution is 2.42. The van der Waals surface area contributed by atoms with Crippen LogP contribution in [0.1, 0.15) is 17.0 Å². The average molecular weight is 199 g/mol. The molecule has 3 rings (SSSR count). The lowest BCUT2D eigenvalue weighted by molar-refractivity contribution is 0.267. The fourth-order valence-electron chi connectivity index (χ4n) is 2.29. The van der Waals surface area contributed by atoms with Gasteiger partial charge in [-0.25, -0.2) is 0 Å². The smallest absolute Gasteiger partial charge is 0.128 e. The molecule has 76 valence electrons. The van der Waals surface area contributed by atoms with Gasteiger partial charge in [0.2, 0.25) is 0 Å². The summed E-state index contributed by atoms with van der Waals surface area (Å²) >= 11 is 0. The maximum absolute atomic E-state index is 5.91. The Morgan fingerprint density at radius 2 is 2.07 bits per heavy atom. The minimum atomic E-state index is 0.165. The Bertz CT molecular complexity index is 448. The summed E-state index contributed by atoms with van der Waals surface area (Å²) in [6, 6.07) is 6.21. The number of allylic oxidation sites excluding steroid dienone is 2. The summed E-state index contributed by atoms with van der Waals surface area (Å²) in [5, 5.41) is 0. The molecular weight excluding hydrogens is 186 g/mol. The molecule has 0 saturated heterocycles. The zero-order valence-corrected chi connectivity index (χ0v) is 8.39. The molecule has 2 heteroatoms. The molecule has 0 aromatic heterocycles. The van der Waals surface area contributed by atoms with Crippen molar-refractivity contribution < 1.29 is 4.74 Å². The van der Waals surface area contributed by atoms with Crippen LogP contribution < -0.4 is 10.5 Å². The highest BCUT2D eigenvalue weighted by atomic mass is 16.5.